The highest BCUT2D eigenvalue weighted by Crippen LogP contribution is 2.40. The van der Waals surface area contributed by atoms with Crippen LogP contribution in [0.15, 0.2) is 64.2 Å². The lowest BCUT2D eigenvalue weighted by atomic mass is 9.87. The van der Waals surface area contributed by atoms with E-state index in [4.69, 9.17) is 9.47 Å². The van der Waals surface area contributed by atoms with E-state index in [-0.39, 0.29) is 0 Å². The molecule has 4 rings (SSSR count). The third kappa shape index (κ3) is 3.07. The first kappa shape index (κ1) is 17.7. The van der Waals surface area contributed by atoms with Crippen molar-refractivity contribution in [3.63, 3.8) is 0 Å². The molecule has 7 nitrogen and oxygen atoms in total. The van der Waals surface area contributed by atoms with Crippen molar-refractivity contribution in [1.82, 2.24) is 9.97 Å². The molecule has 0 amide bonds. The number of fused-ring (bicyclic) bond motifs is 1. The predicted octanol–water partition coefficient (Wildman–Crippen LogP) is 2.68. The number of hydrogen-bond acceptors (Lipinski definition) is 5. The van der Waals surface area contributed by atoms with Crippen LogP contribution in [0.25, 0.3) is 5.70 Å². The summed E-state index contributed by atoms with van der Waals surface area (Å²) in [6.07, 6.45) is 1.95. The predicted molar refractivity (Wildman–Crippen MR) is 107 cm³/mol. The van der Waals surface area contributed by atoms with E-state index in [1.54, 1.807) is 26.4 Å². The van der Waals surface area contributed by atoms with Gasteiger partial charge < -0.3 is 14.8 Å². The minimum Gasteiger partial charge on any atom is -0.497 e. The van der Waals surface area contributed by atoms with Gasteiger partial charge in [0, 0.05) is 17.2 Å². The number of rotatable bonds is 4. The zero-order valence-electron chi connectivity index (χ0n) is 15.4. The van der Waals surface area contributed by atoms with E-state index in [9.17, 15) is 9.59 Å². The van der Waals surface area contributed by atoms with E-state index in [0.29, 0.717) is 22.9 Å². The van der Waals surface area contributed by atoms with Gasteiger partial charge in [-0.2, -0.15) is 0 Å². The zero-order valence-corrected chi connectivity index (χ0v) is 15.4. The van der Waals surface area contributed by atoms with Gasteiger partial charge in [0.05, 0.1) is 19.8 Å². The first-order chi connectivity index (χ1) is 13.6. The number of H-pyrrole nitrogens is 2. The molecule has 1 aliphatic heterocycles. The molecule has 0 aliphatic carbocycles. The van der Waals surface area contributed by atoms with Crippen molar-refractivity contribution in [2.45, 2.75) is 5.92 Å². The Morgan fingerprint density at radius 2 is 1.71 bits per heavy atom. The van der Waals surface area contributed by atoms with Crippen LogP contribution in [0.2, 0.25) is 0 Å². The van der Waals surface area contributed by atoms with Gasteiger partial charge in [-0.25, -0.2) is 4.79 Å². The van der Waals surface area contributed by atoms with Crippen LogP contribution in [-0.2, 0) is 0 Å². The molecular formula is C21H19N3O4. The van der Waals surface area contributed by atoms with Crippen molar-refractivity contribution in [3.05, 3.63) is 92.1 Å². The number of allylic oxidation sites excluding steroid dienone is 1. The number of hydrogen-bond donors (Lipinski definition) is 3. The second kappa shape index (κ2) is 7.11. The molecule has 28 heavy (non-hydrogen) atoms. The maximum Gasteiger partial charge on any atom is 0.327 e. The molecule has 2 aromatic carbocycles. The van der Waals surface area contributed by atoms with E-state index in [2.05, 4.69) is 15.3 Å². The summed E-state index contributed by atoms with van der Waals surface area (Å²) in [7, 11) is 3.16. The fourth-order valence-corrected chi connectivity index (χ4v) is 3.43. The van der Waals surface area contributed by atoms with E-state index in [1.165, 1.54) is 0 Å². The number of anilines is 1. The molecule has 2 heterocycles. The molecule has 0 spiro atoms. The van der Waals surface area contributed by atoms with Crippen molar-refractivity contribution < 1.29 is 9.47 Å². The van der Waals surface area contributed by atoms with Gasteiger partial charge in [0.1, 0.15) is 17.3 Å². The number of ether oxygens (including phenoxy) is 2. The Bertz CT molecular complexity index is 1160. The highest BCUT2D eigenvalue weighted by Gasteiger charge is 2.28. The van der Waals surface area contributed by atoms with E-state index >= 15 is 0 Å². The molecule has 1 aromatic heterocycles. The summed E-state index contributed by atoms with van der Waals surface area (Å²) >= 11 is 0. The molecular weight excluding hydrogens is 358 g/mol. The van der Waals surface area contributed by atoms with Crippen LogP contribution in [0.1, 0.15) is 22.6 Å². The van der Waals surface area contributed by atoms with Crippen LogP contribution in [0, 0.1) is 0 Å². The van der Waals surface area contributed by atoms with Crippen LogP contribution in [0.4, 0.5) is 5.82 Å². The molecule has 0 saturated heterocycles. The number of methoxy groups -OCH3 is 2. The van der Waals surface area contributed by atoms with Gasteiger partial charge in [-0.05, 0) is 29.8 Å². The highest BCUT2D eigenvalue weighted by molar-refractivity contribution is 5.81. The summed E-state index contributed by atoms with van der Waals surface area (Å²) in [5.41, 5.74) is 1.86. The maximum atomic E-state index is 12.6. The van der Waals surface area contributed by atoms with Crippen molar-refractivity contribution in [1.29, 1.82) is 0 Å². The molecule has 1 atom stereocenters. The summed E-state index contributed by atoms with van der Waals surface area (Å²) in [6, 6.07) is 15.1. The average molecular weight is 377 g/mol. The largest absolute Gasteiger partial charge is 0.497 e. The fraction of sp³-hybridized carbons (Fsp3) is 0.143. The monoisotopic (exact) mass is 377 g/mol. The topological polar surface area (TPSA) is 96.2 Å². The summed E-state index contributed by atoms with van der Waals surface area (Å²) in [4.78, 5) is 29.5. The standard InChI is InChI=1S/C21H19N3O4/c1-27-13-8-9-17(28-2)14(10-13)15-11-16(12-6-4-3-5-7-12)22-19-18(15)20(25)24-21(26)23-19/h3-11,15H,1-2H3,(H3,22,23,24,25,26). The number of aromatic nitrogens is 2. The van der Waals surface area contributed by atoms with Crippen molar-refractivity contribution >= 4 is 11.5 Å². The zero-order chi connectivity index (χ0) is 19.7. The molecule has 3 aromatic rings. The Labute approximate surface area is 160 Å². The second-order valence-electron chi connectivity index (χ2n) is 6.35. The van der Waals surface area contributed by atoms with Crippen LogP contribution >= 0.6 is 0 Å². The van der Waals surface area contributed by atoms with Gasteiger partial charge in [0.15, 0.2) is 0 Å². The fourth-order valence-electron chi connectivity index (χ4n) is 3.43. The van der Waals surface area contributed by atoms with Crippen molar-refractivity contribution in [3.8, 4) is 11.5 Å². The number of benzene rings is 2. The Balaban J connectivity index is 1.98. The van der Waals surface area contributed by atoms with Gasteiger partial charge in [0.25, 0.3) is 5.56 Å². The van der Waals surface area contributed by atoms with Gasteiger partial charge in [-0.1, -0.05) is 30.3 Å². The van der Waals surface area contributed by atoms with Crippen molar-refractivity contribution in [2.75, 3.05) is 19.5 Å². The maximum absolute atomic E-state index is 12.6. The van der Waals surface area contributed by atoms with Crippen LogP contribution < -0.4 is 26.0 Å². The minimum atomic E-state index is -0.568. The quantitative estimate of drug-likeness (QED) is 0.650. The summed E-state index contributed by atoms with van der Waals surface area (Å²) in [5.74, 6) is 1.18. The van der Waals surface area contributed by atoms with Crippen LogP contribution in [0.3, 0.4) is 0 Å². The van der Waals surface area contributed by atoms with Gasteiger partial charge in [-0.3, -0.25) is 14.8 Å². The Hall–Kier alpha value is -3.74. The third-order valence-corrected chi connectivity index (χ3v) is 4.74. The lowest BCUT2D eigenvalue weighted by molar-refractivity contribution is 0.398. The first-order valence-electron chi connectivity index (χ1n) is 8.73. The van der Waals surface area contributed by atoms with Gasteiger partial charge in [-0.15, -0.1) is 0 Å². The first-order valence-corrected chi connectivity index (χ1v) is 8.73. The lowest BCUT2D eigenvalue weighted by Gasteiger charge is -2.26. The molecule has 0 fully saturated rings. The molecule has 0 saturated carbocycles. The third-order valence-electron chi connectivity index (χ3n) is 4.74. The molecule has 1 unspecified atom stereocenters. The van der Waals surface area contributed by atoms with E-state index < -0.39 is 17.2 Å². The second-order valence-corrected chi connectivity index (χ2v) is 6.35. The van der Waals surface area contributed by atoms with Crippen LogP contribution in [-0.4, -0.2) is 24.2 Å². The van der Waals surface area contributed by atoms with E-state index in [0.717, 1.165) is 16.8 Å². The molecule has 142 valence electrons. The smallest absolute Gasteiger partial charge is 0.327 e. The molecule has 1 aliphatic rings. The van der Waals surface area contributed by atoms with Gasteiger partial charge in [0.2, 0.25) is 0 Å². The number of nitrogens with one attached hydrogen (secondary N) is 3. The van der Waals surface area contributed by atoms with Crippen LogP contribution in [0.5, 0.6) is 11.5 Å². The van der Waals surface area contributed by atoms with Crippen molar-refractivity contribution in [2.24, 2.45) is 0 Å². The van der Waals surface area contributed by atoms with Gasteiger partial charge >= 0.3 is 5.69 Å². The SMILES string of the molecule is COc1ccc(OC)c(C2C=C(c3ccccc3)Nc3[nH]c(=O)[nH]c(=O)c32)c1. The summed E-state index contributed by atoms with van der Waals surface area (Å²) < 4.78 is 10.9. The Kier molecular flexibility index (Phi) is 4.49. The highest BCUT2D eigenvalue weighted by atomic mass is 16.5. The molecule has 0 bridgehead atoms. The molecule has 7 heteroatoms. The molecule has 3 N–H and O–H groups in total. The number of aromatic amines is 2. The lowest BCUT2D eigenvalue weighted by Crippen LogP contribution is -2.31. The van der Waals surface area contributed by atoms with E-state index in [1.807, 2.05) is 42.5 Å². The summed E-state index contributed by atoms with van der Waals surface area (Å²) in [5, 5.41) is 3.17. The summed E-state index contributed by atoms with van der Waals surface area (Å²) in [6.45, 7) is 0. The Morgan fingerprint density at radius 3 is 2.43 bits per heavy atom. The Morgan fingerprint density at radius 1 is 0.929 bits per heavy atom. The normalized spacial score (nSPS) is 15.2. The molecule has 0 radical (unpaired) electrons. The average Bonchev–Trinajstić information content (AvgIpc) is 2.72. The minimum absolute atomic E-state index is 0.366.